The van der Waals surface area contributed by atoms with Crippen molar-refractivity contribution in [3.8, 4) is 0 Å². The molecule has 0 unspecified atom stereocenters. The van der Waals surface area contributed by atoms with Crippen molar-refractivity contribution in [1.29, 1.82) is 0 Å². The highest BCUT2D eigenvalue weighted by atomic mass is 35.5. The van der Waals surface area contributed by atoms with E-state index in [1.165, 1.54) is 0 Å². The second-order valence-corrected chi connectivity index (χ2v) is 5.08. The van der Waals surface area contributed by atoms with E-state index >= 15 is 0 Å². The van der Waals surface area contributed by atoms with Gasteiger partial charge in [-0.05, 0) is 37.6 Å². The maximum atomic E-state index is 9.77. The summed E-state index contributed by atoms with van der Waals surface area (Å²) in [7, 11) is 1.93. The van der Waals surface area contributed by atoms with Crippen LogP contribution < -0.4 is 10.6 Å². The van der Waals surface area contributed by atoms with Crippen molar-refractivity contribution in [2.75, 3.05) is 18.5 Å². The zero-order valence-corrected chi connectivity index (χ0v) is 10.8. The first-order valence-electron chi connectivity index (χ1n) is 5.25. The molecule has 0 aliphatic rings. The third kappa shape index (κ3) is 3.67. The quantitative estimate of drug-likeness (QED) is 0.849. The van der Waals surface area contributed by atoms with Crippen LogP contribution in [0.5, 0.6) is 0 Å². The summed E-state index contributed by atoms with van der Waals surface area (Å²) in [4.78, 5) is 1.98. The summed E-state index contributed by atoms with van der Waals surface area (Å²) in [6, 6.07) is 5.62. The average molecular weight is 243 g/mol. The molecule has 0 saturated heterocycles. The predicted molar refractivity (Wildman–Crippen MR) is 68.9 cm³/mol. The highest BCUT2D eigenvalue weighted by Crippen LogP contribution is 2.24. The van der Waals surface area contributed by atoms with Crippen molar-refractivity contribution in [3.63, 3.8) is 0 Å². The summed E-state index contributed by atoms with van der Waals surface area (Å²) in [6.45, 7) is 4.54. The van der Waals surface area contributed by atoms with E-state index in [9.17, 15) is 5.11 Å². The molecule has 0 aliphatic heterocycles. The van der Waals surface area contributed by atoms with E-state index in [0.717, 1.165) is 11.3 Å². The molecule has 3 nitrogen and oxygen atoms in total. The molecule has 0 heterocycles. The molecule has 0 aromatic heterocycles. The molecule has 0 fully saturated rings. The van der Waals surface area contributed by atoms with Crippen LogP contribution in [0.2, 0.25) is 5.02 Å². The Morgan fingerprint density at radius 2 is 2.06 bits per heavy atom. The van der Waals surface area contributed by atoms with Crippen molar-refractivity contribution < 1.29 is 5.11 Å². The Labute approximate surface area is 102 Å². The van der Waals surface area contributed by atoms with E-state index in [2.05, 4.69) is 0 Å². The minimum Gasteiger partial charge on any atom is -0.389 e. The van der Waals surface area contributed by atoms with E-state index in [1.807, 2.05) is 30.1 Å². The number of halogens is 1. The molecule has 0 saturated carbocycles. The van der Waals surface area contributed by atoms with Crippen molar-refractivity contribution in [3.05, 3.63) is 28.8 Å². The minimum absolute atomic E-state index is 0.437. The lowest BCUT2D eigenvalue weighted by atomic mass is 10.1. The fourth-order valence-corrected chi connectivity index (χ4v) is 1.95. The van der Waals surface area contributed by atoms with E-state index in [4.69, 9.17) is 17.3 Å². The maximum Gasteiger partial charge on any atom is 0.0765 e. The Bertz CT molecular complexity index is 361. The lowest BCUT2D eigenvalue weighted by Crippen LogP contribution is -2.36. The summed E-state index contributed by atoms with van der Waals surface area (Å²) in [6.07, 6.45) is 0. The molecule has 3 N–H and O–H groups in total. The zero-order valence-electron chi connectivity index (χ0n) is 10.00. The van der Waals surface area contributed by atoms with Crippen LogP contribution in [0.1, 0.15) is 19.4 Å². The van der Waals surface area contributed by atoms with E-state index in [0.29, 0.717) is 18.1 Å². The summed E-state index contributed by atoms with van der Waals surface area (Å²) < 4.78 is 0. The van der Waals surface area contributed by atoms with Gasteiger partial charge in [-0.25, -0.2) is 0 Å². The third-order valence-electron chi connectivity index (χ3n) is 2.30. The third-order valence-corrected chi connectivity index (χ3v) is 2.53. The van der Waals surface area contributed by atoms with Crippen molar-refractivity contribution in [2.45, 2.75) is 26.0 Å². The molecule has 4 heteroatoms. The predicted octanol–water partition coefficient (Wildman–Crippen LogP) is 2.01. The van der Waals surface area contributed by atoms with Gasteiger partial charge in [-0.3, -0.25) is 0 Å². The van der Waals surface area contributed by atoms with Gasteiger partial charge in [0.05, 0.1) is 5.60 Å². The minimum atomic E-state index is -0.736. The molecule has 0 amide bonds. The fourth-order valence-electron chi connectivity index (χ4n) is 1.76. The first-order chi connectivity index (χ1) is 7.33. The van der Waals surface area contributed by atoms with Crippen molar-refractivity contribution in [2.24, 2.45) is 5.73 Å². The van der Waals surface area contributed by atoms with E-state index in [1.54, 1.807) is 13.8 Å². The van der Waals surface area contributed by atoms with Crippen LogP contribution in [0.3, 0.4) is 0 Å². The Hall–Kier alpha value is -0.770. The number of rotatable bonds is 4. The van der Waals surface area contributed by atoms with Crippen LogP contribution in [-0.4, -0.2) is 24.3 Å². The number of likely N-dealkylation sites (N-methyl/N-ethyl adjacent to an activating group) is 1. The van der Waals surface area contributed by atoms with Gasteiger partial charge in [0.2, 0.25) is 0 Å². The van der Waals surface area contributed by atoms with Crippen molar-refractivity contribution >= 4 is 17.3 Å². The Balaban J connectivity index is 2.94. The lowest BCUT2D eigenvalue weighted by molar-refractivity contribution is 0.0886. The highest BCUT2D eigenvalue weighted by molar-refractivity contribution is 6.30. The Kier molecular flexibility index (Phi) is 4.19. The SMILES string of the molecule is CN(CC(C)(C)O)c1ccc(Cl)cc1CN. The molecule has 16 heavy (non-hydrogen) atoms. The molecule has 1 aromatic rings. The molecule has 1 aromatic carbocycles. The molecule has 1 rings (SSSR count). The largest absolute Gasteiger partial charge is 0.389 e. The van der Waals surface area contributed by atoms with Gasteiger partial charge in [-0.15, -0.1) is 0 Å². The standard InChI is InChI=1S/C12H19ClN2O/c1-12(2,16)8-15(3)11-5-4-10(13)6-9(11)7-14/h4-6,16H,7-8,14H2,1-3H3. The van der Waals surface area contributed by atoms with Crippen LogP contribution in [0, 0.1) is 0 Å². The molecule has 0 radical (unpaired) electrons. The fraction of sp³-hybridized carbons (Fsp3) is 0.500. The summed E-state index contributed by atoms with van der Waals surface area (Å²) in [5, 5.41) is 10.4. The second-order valence-electron chi connectivity index (χ2n) is 4.65. The second kappa shape index (κ2) is 5.04. The number of hydrogen-bond donors (Lipinski definition) is 2. The first-order valence-corrected chi connectivity index (χ1v) is 5.63. The number of nitrogens with two attached hydrogens (primary N) is 1. The van der Waals surface area contributed by atoms with Crippen LogP contribution >= 0.6 is 11.6 Å². The summed E-state index contributed by atoms with van der Waals surface area (Å²) in [5.74, 6) is 0. The number of aliphatic hydroxyl groups is 1. The first kappa shape index (κ1) is 13.3. The van der Waals surface area contributed by atoms with E-state index < -0.39 is 5.60 Å². The van der Waals surface area contributed by atoms with Gasteiger partial charge in [0.25, 0.3) is 0 Å². The van der Waals surface area contributed by atoms with Gasteiger partial charge < -0.3 is 15.7 Å². The van der Waals surface area contributed by atoms with Gasteiger partial charge in [-0.2, -0.15) is 0 Å². The maximum absolute atomic E-state index is 9.77. The van der Waals surface area contributed by atoms with Gasteiger partial charge in [0.1, 0.15) is 0 Å². The molecule has 0 aliphatic carbocycles. The van der Waals surface area contributed by atoms with Crippen molar-refractivity contribution in [1.82, 2.24) is 0 Å². The lowest BCUT2D eigenvalue weighted by Gasteiger charge is -2.28. The molecule has 0 atom stereocenters. The van der Waals surface area contributed by atoms with Crippen LogP contribution in [0.25, 0.3) is 0 Å². The van der Waals surface area contributed by atoms with Gasteiger partial charge in [0.15, 0.2) is 0 Å². The summed E-state index contributed by atoms with van der Waals surface area (Å²) in [5.41, 5.74) is 6.93. The summed E-state index contributed by atoms with van der Waals surface area (Å²) >= 11 is 5.91. The molecular formula is C12H19ClN2O. The monoisotopic (exact) mass is 242 g/mol. The molecular weight excluding hydrogens is 224 g/mol. The highest BCUT2D eigenvalue weighted by Gasteiger charge is 2.17. The molecule has 0 spiro atoms. The number of hydrogen-bond acceptors (Lipinski definition) is 3. The number of nitrogens with zero attached hydrogens (tertiary/aromatic N) is 1. The average Bonchev–Trinajstić information content (AvgIpc) is 2.14. The van der Waals surface area contributed by atoms with Crippen LogP contribution in [0.4, 0.5) is 5.69 Å². The Morgan fingerprint density at radius 3 is 2.56 bits per heavy atom. The normalized spacial score (nSPS) is 11.6. The van der Waals surface area contributed by atoms with Crippen LogP contribution in [-0.2, 0) is 6.54 Å². The Morgan fingerprint density at radius 1 is 1.44 bits per heavy atom. The van der Waals surface area contributed by atoms with Gasteiger partial charge >= 0.3 is 0 Å². The van der Waals surface area contributed by atoms with Gasteiger partial charge in [0, 0.05) is 30.8 Å². The number of anilines is 1. The van der Waals surface area contributed by atoms with E-state index in [-0.39, 0.29) is 0 Å². The topological polar surface area (TPSA) is 49.5 Å². The smallest absolute Gasteiger partial charge is 0.0765 e. The zero-order chi connectivity index (χ0) is 12.3. The van der Waals surface area contributed by atoms with Gasteiger partial charge in [-0.1, -0.05) is 11.6 Å². The number of benzene rings is 1. The molecule has 0 bridgehead atoms. The van der Waals surface area contributed by atoms with Crippen LogP contribution in [0.15, 0.2) is 18.2 Å². The molecule has 90 valence electrons.